The van der Waals surface area contributed by atoms with Crippen molar-refractivity contribution in [3.63, 3.8) is 0 Å². The van der Waals surface area contributed by atoms with E-state index < -0.39 is 0 Å². The highest BCUT2D eigenvalue weighted by atomic mass is 32.2. The molecule has 20 heavy (non-hydrogen) atoms. The van der Waals surface area contributed by atoms with Crippen LogP contribution in [0.2, 0.25) is 0 Å². The Morgan fingerprint density at radius 3 is 2.70 bits per heavy atom. The van der Waals surface area contributed by atoms with Crippen LogP contribution in [0.1, 0.15) is 11.1 Å². The molecule has 0 saturated carbocycles. The lowest BCUT2D eigenvalue weighted by Gasteiger charge is -2.10. The smallest absolute Gasteiger partial charge is 0.138 e. The normalized spacial score (nSPS) is 9.85. The molecule has 3 nitrogen and oxygen atoms in total. The number of hydrogen-bond donors (Lipinski definition) is 0. The molecule has 2 aromatic carbocycles. The molecule has 0 N–H and O–H groups in total. The fourth-order valence-electron chi connectivity index (χ4n) is 1.83. The molecule has 0 atom stereocenters. The molecule has 0 aliphatic carbocycles. The Morgan fingerprint density at radius 2 is 2.00 bits per heavy atom. The third-order valence-electron chi connectivity index (χ3n) is 2.85. The van der Waals surface area contributed by atoms with E-state index in [4.69, 9.17) is 9.47 Å². The Morgan fingerprint density at radius 1 is 1.20 bits per heavy atom. The monoisotopic (exact) mass is 285 g/mol. The van der Waals surface area contributed by atoms with Crippen LogP contribution in [0.25, 0.3) is 0 Å². The van der Waals surface area contributed by atoms with Gasteiger partial charge in [-0.2, -0.15) is 5.26 Å². The van der Waals surface area contributed by atoms with Crippen molar-refractivity contribution in [2.24, 2.45) is 0 Å². The van der Waals surface area contributed by atoms with Crippen LogP contribution in [-0.4, -0.2) is 13.4 Å². The summed E-state index contributed by atoms with van der Waals surface area (Å²) < 4.78 is 10.9. The third kappa shape index (κ3) is 3.25. The Hall–Kier alpha value is -2.12. The highest BCUT2D eigenvalue weighted by Gasteiger charge is 2.08. The summed E-state index contributed by atoms with van der Waals surface area (Å²) in [4.78, 5) is 0.927. The summed E-state index contributed by atoms with van der Waals surface area (Å²) in [6.07, 6.45) is 1.95. The number of nitriles is 1. The predicted molar refractivity (Wildman–Crippen MR) is 80.3 cm³/mol. The van der Waals surface area contributed by atoms with Crippen LogP contribution in [0.5, 0.6) is 11.5 Å². The number of thioether (sulfide) groups is 1. The Kier molecular flexibility index (Phi) is 4.91. The average molecular weight is 285 g/mol. The van der Waals surface area contributed by atoms with Gasteiger partial charge in [0, 0.05) is 4.90 Å². The number of methoxy groups -OCH3 is 1. The summed E-state index contributed by atoms with van der Waals surface area (Å²) in [5.74, 6) is 1.41. The molecule has 4 heteroatoms. The van der Waals surface area contributed by atoms with Crippen molar-refractivity contribution in [2.75, 3.05) is 13.4 Å². The largest absolute Gasteiger partial charge is 0.497 e. The minimum atomic E-state index is 0.406. The van der Waals surface area contributed by atoms with Gasteiger partial charge < -0.3 is 9.47 Å². The number of nitrogens with zero attached hydrogens (tertiary/aromatic N) is 1. The van der Waals surface area contributed by atoms with Gasteiger partial charge in [0.05, 0.1) is 7.11 Å². The van der Waals surface area contributed by atoms with Gasteiger partial charge in [0.2, 0.25) is 0 Å². The second-order valence-corrected chi connectivity index (χ2v) is 4.93. The molecule has 0 bridgehead atoms. The van der Waals surface area contributed by atoms with Crippen molar-refractivity contribution < 1.29 is 9.47 Å². The quantitative estimate of drug-likeness (QED) is 0.782. The number of benzene rings is 2. The van der Waals surface area contributed by atoms with Crippen molar-refractivity contribution in [3.8, 4) is 17.6 Å². The van der Waals surface area contributed by atoms with Crippen LogP contribution < -0.4 is 9.47 Å². The zero-order valence-electron chi connectivity index (χ0n) is 11.4. The zero-order chi connectivity index (χ0) is 14.4. The number of ether oxygens (including phenoxy) is 2. The number of rotatable bonds is 5. The van der Waals surface area contributed by atoms with E-state index in [9.17, 15) is 5.26 Å². The lowest BCUT2D eigenvalue weighted by molar-refractivity contribution is 0.303. The molecule has 2 aromatic rings. The van der Waals surface area contributed by atoms with Crippen LogP contribution in [0, 0.1) is 11.3 Å². The van der Waals surface area contributed by atoms with Gasteiger partial charge >= 0.3 is 0 Å². The molecule has 0 aromatic heterocycles. The molecule has 0 aliphatic heterocycles. The SMILES string of the molecule is COc1cccc(COc2cccc(SC)c2C#N)c1. The Bertz CT molecular complexity index is 635. The molecule has 0 heterocycles. The molecule has 0 spiro atoms. The van der Waals surface area contributed by atoms with Crippen LogP contribution in [0.4, 0.5) is 0 Å². The minimum absolute atomic E-state index is 0.406. The molecule has 0 amide bonds. The van der Waals surface area contributed by atoms with Gasteiger partial charge in [-0.25, -0.2) is 0 Å². The topological polar surface area (TPSA) is 42.2 Å². The number of hydrogen-bond acceptors (Lipinski definition) is 4. The van der Waals surface area contributed by atoms with Crippen molar-refractivity contribution >= 4 is 11.8 Å². The van der Waals surface area contributed by atoms with Gasteiger partial charge in [-0.3, -0.25) is 0 Å². The molecule has 0 unspecified atom stereocenters. The first-order valence-corrected chi connectivity index (χ1v) is 7.33. The fraction of sp³-hybridized carbons (Fsp3) is 0.188. The maximum absolute atomic E-state index is 9.25. The average Bonchev–Trinajstić information content (AvgIpc) is 2.52. The van der Waals surface area contributed by atoms with E-state index in [1.165, 1.54) is 11.8 Å². The van der Waals surface area contributed by atoms with Crippen molar-refractivity contribution in [3.05, 3.63) is 53.6 Å². The van der Waals surface area contributed by atoms with E-state index in [1.807, 2.05) is 48.7 Å². The molecule has 102 valence electrons. The van der Waals surface area contributed by atoms with Crippen LogP contribution in [-0.2, 0) is 6.61 Å². The van der Waals surface area contributed by atoms with E-state index in [0.29, 0.717) is 17.9 Å². The zero-order valence-corrected chi connectivity index (χ0v) is 12.2. The van der Waals surface area contributed by atoms with Gasteiger partial charge in [0.1, 0.15) is 29.7 Å². The third-order valence-corrected chi connectivity index (χ3v) is 3.63. The molecule has 0 saturated heterocycles. The van der Waals surface area contributed by atoms with Crippen molar-refractivity contribution in [1.29, 1.82) is 5.26 Å². The Labute approximate surface area is 123 Å². The predicted octanol–water partition coefficient (Wildman–Crippen LogP) is 3.87. The molecular formula is C16H15NO2S. The van der Waals surface area contributed by atoms with Gasteiger partial charge in [-0.15, -0.1) is 11.8 Å². The van der Waals surface area contributed by atoms with Crippen LogP contribution >= 0.6 is 11.8 Å². The lowest BCUT2D eigenvalue weighted by atomic mass is 10.2. The van der Waals surface area contributed by atoms with E-state index >= 15 is 0 Å². The van der Waals surface area contributed by atoms with E-state index in [1.54, 1.807) is 7.11 Å². The first-order chi connectivity index (χ1) is 9.78. The summed E-state index contributed by atoms with van der Waals surface area (Å²) in [5, 5.41) is 9.25. The van der Waals surface area contributed by atoms with E-state index in [0.717, 1.165) is 16.2 Å². The molecular weight excluding hydrogens is 270 g/mol. The van der Waals surface area contributed by atoms with Gasteiger partial charge in [-0.1, -0.05) is 18.2 Å². The second kappa shape index (κ2) is 6.88. The van der Waals surface area contributed by atoms with Crippen LogP contribution in [0.3, 0.4) is 0 Å². The van der Waals surface area contributed by atoms with E-state index in [2.05, 4.69) is 6.07 Å². The van der Waals surface area contributed by atoms with Crippen molar-refractivity contribution in [2.45, 2.75) is 11.5 Å². The molecule has 0 radical (unpaired) electrons. The Balaban J connectivity index is 2.17. The van der Waals surface area contributed by atoms with Gasteiger partial charge in [0.15, 0.2) is 0 Å². The van der Waals surface area contributed by atoms with Crippen LogP contribution in [0.15, 0.2) is 47.4 Å². The highest BCUT2D eigenvalue weighted by Crippen LogP contribution is 2.28. The molecule has 0 aliphatic rings. The summed E-state index contributed by atoms with van der Waals surface area (Å²) in [6, 6.07) is 15.5. The summed E-state index contributed by atoms with van der Waals surface area (Å²) in [6.45, 7) is 0.406. The standard InChI is InChI=1S/C16H15NO2S/c1-18-13-6-3-5-12(9-13)11-19-15-7-4-8-16(20-2)14(15)10-17/h3-9H,11H2,1-2H3. The first-order valence-electron chi connectivity index (χ1n) is 6.11. The van der Waals surface area contributed by atoms with Gasteiger partial charge in [-0.05, 0) is 36.1 Å². The lowest BCUT2D eigenvalue weighted by Crippen LogP contribution is -1.98. The summed E-state index contributed by atoms with van der Waals surface area (Å²) in [7, 11) is 1.63. The maximum Gasteiger partial charge on any atom is 0.138 e. The van der Waals surface area contributed by atoms with Gasteiger partial charge in [0.25, 0.3) is 0 Å². The summed E-state index contributed by atoms with van der Waals surface area (Å²) in [5.41, 5.74) is 1.59. The maximum atomic E-state index is 9.25. The molecule has 2 rings (SSSR count). The van der Waals surface area contributed by atoms with E-state index in [-0.39, 0.29) is 0 Å². The first kappa shape index (κ1) is 14.3. The minimum Gasteiger partial charge on any atom is -0.497 e. The molecule has 0 fully saturated rings. The fourth-order valence-corrected chi connectivity index (χ4v) is 2.40. The van der Waals surface area contributed by atoms with Crippen molar-refractivity contribution in [1.82, 2.24) is 0 Å². The summed E-state index contributed by atoms with van der Waals surface area (Å²) >= 11 is 1.54. The highest BCUT2D eigenvalue weighted by molar-refractivity contribution is 7.98. The second-order valence-electron chi connectivity index (χ2n) is 4.09.